The molecule has 1 fully saturated rings. The van der Waals surface area contributed by atoms with Crippen molar-refractivity contribution in [1.82, 2.24) is 4.90 Å². The molecule has 1 aliphatic rings. The smallest absolute Gasteiger partial charge is 0.326 e. The Bertz CT molecular complexity index is 660. The minimum atomic E-state index is -1.04. The van der Waals surface area contributed by atoms with Crippen molar-refractivity contribution in [3.8, 4) is 0 Å². The molecule has 0 aromatic heterocycles. The Kier molecular flexibility index (Phi) is 5.61. The van der Waals surface area contributed by atoms with Crippen LogP contribution in [0.3, 0.4) is 0 Å². The summed E-state index contributed by atoms with van der Waals surface area (Å²) in [5.41, 5.74) is 0.773. The molecular formula is C15H14ClNO3S2. The maximum Gasteiger partial charge on any atom is 0.326 e. The molecule has 1 amide bonds. The number of rotatable bonds is 5. The van der Waals surface area contributed by atoms with Gasteiger partial charge in [-0.2, -0.15) is 0 Å². The van der Waals surface area contributed by atoms with E-state index in [0.717, 1.165) is 17.3 Å². The Morgan fingerprint density at radius 3 is 2.86 bits per heavy atom. The molecule has 7 heteroatoms. The lowest BCUT2D eigenvalue weighted by Crippen LogP contribution is -2.43. The highest BCUT2D eigenvalue weighted by atomic mass is 35.5. The molecule has 1 aromatic rings. The second-order valence-electron chi connectivity index (χ2n) is 4.75. The quantitative estimate of drug-likeness (QED) is 0.643. The molecule has 1 atom stereocenters. The summed E-state index contributed by atoms with van der Waals surface area (Å²) in [6.07, 6.45) is 2.70. The summed E-state index contributed by atoms with van der Waals surface area (Å²) in [7, 11) is 0. The van der Waals surface area contributed by atoms with Crippen molar-refractivity contribution in [1.29, 1.82) is 0 Å². The number of nitrogens with zero attached hydrogens (tertiary/aromatic N) is 1. The number of hydrogen-bond acceptors (Lipinski definition) is 4. The predicted molar refractivity (Wildman–Crippen MR) is 92.8 cm³/mol. The third-order valence-corrected chi connectivity index (χ3v) is 4.69. The molecule has 1 N–H and O–H groups in total. The number of carboxylic acids is 1. The van der Waals surface area contributed by atoms with E-state index < -0.39 is 12.0 Å². The van der Waals surface area contributed by atoms with E-state index >= 15 is 0 Å². The van der Waals surface area contributed by atoms with E-state index in [1.165, 1.54) is 4.90 Å². The van der Waals surface area contributed by atoms with E-state index in [2.05, 4.69) is 0 Å². The zero-order valence-corrected chi connectivity index (χ0v) is 14.2. The molecule has 2 rings (SSSR count). The van der Waals surface area contributed by atoms with Crippen LogP contribution in [-0.2, 0) is 9.59 Å². The van der Waals surface area contributed by atoms with Gasteiger partial charge >= 0.3 is 5.97 Å². The zero-order valence-electron chi connectivity index (χ0n) is 11.8. The monoisotopic (exact) mass is 355 g/mol. The lowest BCUT2D eigenvalue weighted by molar-refractivity contribution is -0.145. The van der Waals surface area contributed by atoms with E-state index in [1.807, 2.05) is 13.0 Å². The molecule has 116 valence electrons. The van der Waals surface area contributed by atoms with Crippen LogP contribution in [0.25, 0.3) is 6.08 Å². The van der Waals surface area contributed by atoms with E-state index in [-0.39, 0.29) is 10.2 Å². The molecule has 1 heterocycles. The molecule has 0 aliphatic carbocycles. The van der Waals surface area contributed by atoms with Crippen LogP contribution in [0.2, 0.25) is 5.02 Å². The number of hydrogen-bond donors (Lipinski definition) is 1. The van der Waals surface area contributed by atoms with Crippen molar-refractivity contribution in [3.05, 3.63) is 39.8 Å². The van der Waals surface area contributed by atoms with E-state index in [9.17, 15) is 14.7 Å². The maximum atomic E-state index is 12.5. The normalized spacial score (nSPS) is 18.1. The van der Waals surface area contributed by atoms with Gasteiger partial charge in [-0.3, -0.25) is 9.69 Å². The number of carbonyl (C=O) groups is 2. The highest BCUT2D eigenvalue weighted by Gasteiger charge is 2.39. The van der Waals surface area contributed by atoms with Crippen LogP contribution in [0.1, 0.15) is 25.3 Å². The first kappa shape index (κ1) is 17.0. The minimum absolute atomic E-state index is 0.277. The van der Waals surface area contributed by atoms with Crippen LogP contribution >= 0.6 is 35.6 Å². The van der Waals surface area contributed by atoms with Crippen molar-refractivity contribution in [2.45, 2.75) is 25.8 Å². The van der Waals surface area contributed by atoms with Gasteiger partial charge in [0.15, 0.2) is 0 Å². The standard InChI is InChI=1S/C15H14ClNO3S2/c1-2-4-11(14(19)20)17-13(18)12(22-15(17)21)8-9-5-3-6-10(16)7-9/h3,5-8,11H,2,4H2,1H3,(H,19,20)/b12-8-. The number of benzene rings is 1. The van der Waals surface area contributed by atoms with Crippen LogP contribution in [-0.4, -0.2) is 32.2 Å². The summed E-state index contributed by atoms with van der Waals surface area (Å²) in [6, 6.07) is 6.16. The van der Waals surface area contributed by atoms with Gasteiger partial charge in [0.1, 0.15) is 10.4 Å². The first-order valence-corrected chi connectivity index (χ1v) is 8.29. The van der Waals surface area contributed by atoms with Crippen LogP contribution < -0.4 is 0 Å². The Morgan fingerprint density at radius 2 is 2.27 bits per heavy atom. The van der Waals surface area contributed by atoms with Crippen LogP contribution in [0, 0.1) is 0 Å². The molecule has 1 unspecified atom stereocenters. The van der Waals surface area contributed by atoms with Crippen molar-refractivity contribution >= 4 is 57.9 Å². The van der Waals surface area contributed by atoms with Gasteiger partial charge in [-0.1, -0.05) is 61.1 Å². The largest absolute Gasteiger partial charge is 0.480 e. The number of thiocarbonyl (C=S) groups is 1. The van der Waals surface area contributed by atoms with Gasteiger partial charge in [-0.05, 0) is 30.2 Å². The highest BCUT2D eigenvalue weighted by Crippen LogP contribution is 2.35. The number of thioether (sulfide) groups is 1. The fraction of sp³-hybridized carbons (Fsp3) is 0.267. The highest BCUT2D eigenvalue weighted by molar-refractivity contribution is 8.26. The fourth-order valence-electron chi connectivity index (χ4n) is 2.13. The molecule has 0 bridgehead atoms. The average Bonchev–Trinajstić information content (AvgIpc) is 2.71. The average molecular weight is 356 g/mol. The number of aliphatic carboxylic acids is 1. The summed E-state index contributed by atoms with van der Waals surface area (Å²) >= 11 is 12.2. The third-order valence-electron chi connectivity index (χ3n) is 3.13. The number of carboxylic acid groups (broad SMARTS) is 1. The van der Waals surface area contributed by atoms with Gasteiger partial charge in [-0.25, -0.2) is 4.79 Å². The van der Waals surface area contributed by atoms with Gasteiger partial charge in [0.25, 0.3) is 5.91 Å². The summed E-state index contributed by atoms with van der Waals surface area (Å²) < 4.78 is 0.277. The van der Waals surface area contributed by atoms with Crippen LogP contribution in [0.15, 0.2) is 29.2 Å². The Balaban J connectivity index is 2.30. The van der Waals surface area contributed by atoms with Gasteiger partial charge in [-0.15, -0.1) is 0 Å². The molecule has 0 spiro atoms. The molecule has 1 aliphatic heterocycles. The third kappa shape index (κ3) is 3.69. The molecule has 1 aromatic carbocycles. The summed E-state index contributed by atoms with van der Waals surface area (Å²) in [4.78, 5) is 25.5. The lowest BCUT2D eigenvalue weighted by atomic mass is 10.1. The van der Waals surface area contributed by atoms with Gasteiger partial charge in [0, 0.05) is 5.02 Å². The first-order valence-electron chi connectivity index (χ1n) is 6.69. The van der Waals surface area contributed by atoms with Gasteiger partial charge in [0.2, 0.25) is 0 Å². The topological polar surface area (TPSA) is 57.6 Å². The van der Waals surface area contributed by atoms with Crippen LogP contribution in [0.4, 0.5) is 0 Å². The molecular weight excluding hydrogens is 342 g/mol. The fourth-order valence-corrected chi connectivity index (χ4v) is 3.69. The predicted octanol–water partition coefficient (Wildman–Crippen LogP) is 3.79. The Hall–Kier alpha value is -1.37. The second-order valence-corrected chi connectivity index (χ2v) is 6.86. The Labute approximate surface area is 143 Å². The number of amides is 1. The first-order chi connectivity index (χ1) is 10.4. The molecule has 4 nitrogen and oxygen atoms in total. The molecule has 22 heavy (non-hydrogen) atoms. The van der Waals surface area contributed by atoms with Crippen LogP contribution in [0.5, 0.6) is 0 Å². The van der Waals surface area contributed by atoms with E-state index in [1.54, 1.807) is 24.3 Å². The SMILES string of the molecule is CCCC(C(=O)O)N1C(=O)/C(=C/c2cccc(Cl)c2)SC1=S. The molecule has 0 saturated carbocycles. The lowest BCUT2D eigenvalue weighted by Gasteiger charge is -2.22. The molecule has 1 saturated heterocycles. The van der Waals surface area contributed by atoms with Crippen molar-refractivity contribution in [2.24, 2.45) is 0 Å². The van der Waals surface area contributed by atoms with E-state index in [4.69, 9.17) is 23.8 Å². The minimum Gasteiger partial charge on any atom is -0.480 e. The number of halogens is 1. The second kappa shape index (κ2) is 7.26. The Morgan fingerprint density at radius 1 is 1.55 bits per heavy atom. The van der Waals surface area contributed by atoms with Crippen molar-refractivity contribution in [2.75, 3.05) is 0 Å². The van der Waals surface area contributed by atoms with Gasteiger partial charge in [0.05, 0.1) is 4.91 Å². The van der Waals surface area contributed by atoms with Crippen molar-refractivity contribution < 1.29 is 14.7 Å². The summed E-state index contributed by atoms with van der Waals surface area (Å²) in [5, 5.41) is 9.88. The zero-order chi connectivity index (χ0) is 16.3. The maximum absolute atomic E-state index is 12.5. The summed E-state index contributed by atoms with van der Waals surface area (Å²) in [6.45, 7) is 1.87. The van der Waals surface area contributed by atoms with Crippen molar-refractivity contribution in [3.63, 3.8) is 0 Å². The molecule has 0 radical (unpaired) electrons. The van der Waals surface area contributed by atoms with Gasteiger partial charge < -0.3 is 5.11 Å². The number of carbonyl (C=O) groups excluding carboxylic acids is 1. The summed E-state index contributed by atoms with van der Waals surface area (Å²) in [5.74, 6) is -1.40. The van der Waals surface area contributed by atoms with E-state index in [0.29, 0.717) is 22.8 Å².